The van der Waals surface area contributed by atoms with E-state index in [0.29, 0.717) is 30.1 Å². The van der Waals surface area contributed by atoms with Gasteiger partial charge in [0.05, 0.1) is 11.4 Å². The van der Waals surface area contributed by atoms with Gasteiger partial charge in [0.15, 0.2) is 0 Å². The first-order chi connectivity index (χ1) is 26.7. The number of nitrogens with zero attached hydrogens (tertiary/aromatic N) is 3. The number of carbonyl (C=O) groups is 5. The van der Waals surface area contributed by atoms with Crippen LogP contribution in [-0.4, -0.2) is 82.6 Å². The van der Waals surface area contributed by atoms with E-state index in [4.69, 9.17) is 18.9 Å². The summed E-state index contributed by atoms with van der Waals surface area (Å²) in [6.45, 7) is 25.5. The molecule has 58 heavy (non-hydrogen) atoms. The van der Waals surface area contributed by atoms with Gasteiger partial charge in [-0.3, -0.25) is 20.7 Å². The van der Waals surface area contributed by atoms with E-state index in [9.17, 15) is 24.0 Å². The van der Waals surface area contributed by atoms with Gasteiger partial charge < -0.3 is 29.2 Å². The lowest BCUT2D eigenvalue weighted by atomic mass is 10.1. The molecule has 16 nitrogen and oxygen atoms in total. The Morgan fingerprint density at radius 2 is 1.19 bits per heavy atom. The SMILES string of the molecule is CC.CC(C)(C)OC(=O)/N=C(/NC(=O)OC(C)(C)C)N1CC=C(c2ccc(C(=O)Nc3ccc(CN=C(NC(=O)OC(C)(C)C)NC(=O)OC(C)(C)C)cc3)s2)CC1. The van der Waals surface area contributed by atoms with Gasteiger partial charge >= 0.3 is 24.4 Å². The minimum Gasteiger partial charge on any atom is -0.444 e. The quantitative estimate of drug-likeness (QED) is 0.128. The Balaban J connectivity index is 0.00000571. The molecular formula is C41H61N7O9S. The summed E-state index contributed by atoms with van der Waals surface area (Å²) >= 11 is 1.34. The smallest absolute Gasteiger partial charge is 0.437 e. The van der Waals surface area contributed by atoms with E-state index < -0.39 is 46.8 Å². The molecule has 0 aliphatic carbocycles. The molecule has 2 aromatic rings. The first kappa shape index (κ1) is 48.7. The maximum atomic E-state index is 13.2. The van der Waals surface area contributed by atoms with Crippen LogP contribution >= 0.6 is 11.3 Å². The molecule has 0 bridgehead atoms. The fraction of sp³-hybridized carbons (Fsp3) is 0.537. The van der Waals surface area contributed by atoms with Gasteiger partial charge in [-0.1, -0.05) is 32.1 Å². The Kier molecular flexibility index (Phi) is 17.5. The van der Waals surface area contributed by atoms with Gasteiger partial charge in [-0.15, -0.1) is 16.3 Å². The molecule has 0 atom stereocenters. The van der Waals surface area contributed by atoms with Crippen molar-refractivity contribution in [2.45, 2.75) is 132 Å². The second-order valence-corrected chi connectivity index (χ2v) is 17.8. The number of ether oxygens (including phenoxy) is 4. The van der Waals surface area contributed by atoms with Crippen molar-refractivity contribution in [3.63, 3.8) is 0 Å². The summed E-state index contributed by atoms with van der Waals surface area (Å²) < 4.78 is 21.3. The molecule has 0 fully saturated rings. The largest absolute Gasteiger partial charge is 0.444 e. The zero-order valence-electron chi connectivity index (χ0n) is 36.3. The van der Waals surface area contributed by atoms with Crippen molar-refractivity contribution in [2.75, 3.05) is 18.4 Å². The zero-order valence-corrected chi connectivity index (χ0v) is 37.1. The van der Waals surface area contributed by atoms with E-state index in [0.717, 1.165) is 16.0 Å². The lowest BCUT2D eigenvalue weighted by molar-refractivity contribution is 0.0528. The summed E-state index contributed by atoms with van der Waals surface area (Å²) in [5.41, 5.74) is -0.771. The lowest BCUT2D eigenvalue weighted by Gasteiger charge is -2.30. The average Bonchev–Trinajstić information content (AvgIpc) is 3.56. The molecule has 0 unspecified atom stereocenters. The molecule has 1 aliphatic heterocycles. The maximum Gasteiger partial charge on any atom is 0.437 e. The monoisotopic (exact) mass is 827 g/mol. The Morgan fingerprint density at radius 3 is 1.66 bits per heavy atom. The third kappa shape index (κ3) is 19.1. The van der Waals surface area contributed by atoms with Gasteiger partial charge in [0, 0.05) is 23.7 Å². The lowest BCUT2D eigenvalue weighted by Crippen LogP contribution is -2.47. The topological polar surface area (TPSA) is 198 Å². The molecular weight excluding hydrogens is 767 g/mol. The van der Waals surface area contributed by atoms with Crippen LogP contribution in [0, 0.1) is 0 Å². The van der Waals surface area contributed by atoms with Crippen LogP contribution in [0.4, 0.5) is 24.9 Å². The van der Waals surface area contributed by atoms with Crippen molar-refractivity contribution >= 4 is 64.8 Å². The van der Waals surface area contributed by atoms with Crippen LogP contribution in [0.25, 0.3) is 5.57 Å². The number of nitrogens with one attached hydrogen (secondary N) is 4. The molecule has 0 radical (unpaired) electrons. The highest BCUT2D eigenvalue weighted by Crippen LogP contribution is 2.30. The number of rotatable bonds is 5. The zero-order chi connectivity index (χ0) is 44.1. The van der Waals surface area contributed by atoms with E-state index in [2.05, 4.69) is 31.3 Å². The molecule has 1 aromatic heterocycles. The third-order valence-corrected chi connectivity index (χ3v) is 7.89. The summed E-state index contributed by atoms with van der Waals surface area (Å²) in [6, 6.07) is 10.6. The predicted octanol–water partition coefficient (Wildman–Crippen LogP) is 8.84. The molecule has 4 N–H and O–H groups in total. The normalized spacial score (nSPS) is 13.4. The van der Waals surface area contributed by atoms with Crippen molar-refractivity contribution in [2.24, 2.45) is 9.98 Å². The summed E-state index contributed by atoms with van der Waals surface area (Å²) in [5, 5.41) is 10.4. The molecule has 17 heteroatoms. The molecule has 2 heterocycles. The van der Waals surface area contributed by atoms with Crippen LogP contribution in [0.5, 0.6) is 0 Å². The average molecular weight is 828 g/mol. The van der Waals surface area contributed by atoms with Gasteiger partial charge in [0.25, 0.3) is 5.91 Å². The number of guanidine groups is 2. The number of amides is 5. The number of benzene rings is 1. The Morgan fingerprint density at radius 1 is 0.690 bits per heavy atom. The van der Waals surface area contributed by atoms with Gasteiger partial charge in [-0.2, -0.15) is 0 Å². The van der Waals surface area contributed by atoms with E-state index in [1.54, 1.807) is 118 Å². The number of thiophene rings is 1. The standard InChI is InChI=1S/C39H55N7O9S.C2H6/c1-36(2,3)52-32(48)42-30(43-33(49)53-37(4,5)6)40-23-24-13-15-26(16-14-24)41-29(47)28-18-17-27(56-28)25-19-21-46(22-20-25)31(44-34(50)54-38(7,8)9)45-35(51)55-39(10,11)12;1-2/h13-19H,20-23H2,1-12H3,(H,41,47)(H,44,45,50,51)(H2,40,42,43,48,49);1-2H3. The van der Waals surface area contributed by atoms with Crippen LogP contribution < -0.4 is 21.3 Å². The molecule has 0 saturated carbocycles. The third-order valence-electron chi connectivity index (χ3n) is 6.73. The molecule has 0 saturated heterocycles. The second kappa shape index (κ2) is 20.8. The van der Waals surface area contributed by atoms with Crippen LogP contribution in [0.2, 0.25) is 0 Å². The Hall–Kier alpha value is -5.45. The van der Waals surface area contributed by atoms with Crippen molar-refractivity contribution in [3.8, 4) is 0 Å². The Labute approximate surface area is 346 Å². The van der Waals surface area contributed by atoms with Gasteiger partial charge in [-0.05, 0) is 125 Å². The summed E-state index contributed by atoms with van der Waals surface area (Å²) in [6.07, 6.45) is -0.676. The minimum absolute atomic E-state index is 0.0169. The van der Waals surface area contributed by atoms with Crippen molar-refractivity contribution < 1.29 is 42.9 Å². The maximum absolute atomic E-state index is 13.2. The van der Waals surface area contributed by atoms with Crippen molar-refractivity contribution in [1.29, 1.82) is 0 Å². The van der Waals surface area contributed by atoms with Gasteiger partial charge in [-0.25, -0.2) is 24.2 Å². The fourth-order valence-electron chi connectivity index (χ4n) is 4.63. The molecule has 1 aliphatic rings. The number of hydrogen-bond acceptors (Lipinski definition) is 11. The van der Waals surface area contributed by atoms with Crippen molar-refractivity contribution in [3.05, 3.63) is 57.8 Å². The van der Waals surface area contributed by atoms with Crippen LogP contribution in [0.15, 0.2) is 52.5 Å². The number of anilines is 1. The summed E-state index contributed by atoms with van der Waals surface area (Å²) in [4.78, 5) is 74.6. The highest BCUT2D eigenvalue weighted by Gasteiger charge is 2.26. The highest BCUT2D eigenvalue weighted by molar-refractivity contribution is 7.15. The second-order valence-electron chi connectivity index (χ2n) is 16.7. The fourth-order valence-corrected chi connectivity index (χ4v) is 5.60. The Bertz CT molecular complexity index is 1810. The highest BCUT2D eigenvalue weighted by atomic mass is 32.1. The van der Waals surface area contributed by atoms with Gasteiger partial charge in [0.2, 0.25) is 11.9 Å². The van der Waals surface area contributed by atoms with Crippen LogP contribution in [-0.2, 0) is 25.5 Å². The number of carbonyl (C=O) groups excluding carboxylic acids is 5. The summed E-state index contributed by atoms with van der Waals surface area (Å²) in [5.74, 6) is -0.418. The van der Waals surface area contributed by atoms with E-state index >= 15 is 0 Å². The number of alkyl carbamates (subject to hydrolysis) is 3. The van der Waals surface area contributed by atoms with E-state index in [1.807, 2.05) is 26.0 Å². The first-order valence-electron chi connectivity index (χ1n) is 19.0. The van der Waals surface area contributed by atoms with Crippen molar-refractivity contribution in [1.82, 2.24) is 20.9 Å². The minimum atomic E-state index is -0.843. The summed E-state index contributed by atoms with van der Waals surface area (Å²) in [7, 11) is 0. The van der Waals surface area contributed by atoms with Crippen LogP contribution in [0.3, 0.4) is 0 Å². The molecule has 3 rings (SSSR count). The molecule has 320 valence electrons. The molecule has 1 aromatic carbocycles. The van der Waals surface area contributed by atoms with E-state index in [1.165, 1.54) is 11.3 Å². The first-order valence-corrected chi connectivity index (χ1v) is 19.9. The van der Waals surface area contributed by atoms with Gasteiger partial charge in [0.1, 0.15) is 22.4 Å². The number of hydrogen-bond donors (Lipinski definition) is 4. The predicted molar refractivity (Wildman–Crippen MR) is 227 cm³/mol. The number of aliphatic imine (C=N–C) groups is 2. The molecule has 5 amide bonds. The van der Waals surface area contributed by atoms with E-state index in [-0.39, 0.29) is 24.4 Å². The molecule has 0 spiro atoms. The van der Waals surface area contributed by atoms with Crippen LogP contribution in [0.1, 0.15) is 123 Å².